The van der Waals surface area contributed by atoms with Crippen molar-refractivity contribution in [3.63, 3.8) is 0 Å². The molecule has 1 atom stereocenters. The molecule has 0 radical (unpaired) electrons. The molecule has 1 N–H and O–H groups in total. The van der Waals surface area contributed by atoms with E-state index in [1.54, 1.807) is 0 Å². The van der Waals surface area contributed by atoms with Gasteiger partial charge in [-0.2, -0.15) is 0 Å². The topological polar surface area (TPSA) is 12.0 Å². The lowest BCUT2D eigenvalue weighted by atomic mass is 11.6. The minimum absolute atomic E-state index is 0.860. The van der Waals surface area contributed by atoms with Crippen LogP contribution in [0.1, 0.15) is 0 Å². The van der Waals surface area contributed by atoms with Crippen LogP contribution in [0.2, 0.25) is 0 Å². The van der Waals surface area contributed by atoms with Gasteiger partial charge in [0, 0.05) is 6.37 Å². The maximum absolute atomic E-state index is 2.94. The third kappa shape index (κ3) is 3.12. The van der Waals surface area contributed by atoms with E-state index in [9.17, 15) is 0 Å². The van der Waals surface area contributed by atoms with E-state index in [1.807, 2.05) is 7.05 Å². The average Bonchev–Trinajstić information content (AvgIpc) is 1.37. The summed E-state index contributed by atoms with van der Waals surface area (Å²) in [6.45, 7) is 0. The Bertz CT molecular complexity index is 10.0. The minimum atomic E-state index is 0.860. The molecule has 1 unspecified atom stereocenters. The van der Waals surface area contributed by atoms with Crippen molar-refractivity contribution in [1.82, 2.24) is 5.09 Å². The van der Waals surface area contributed by atoms with Crippen LogP contribution in [0.4, 0.5) is 0 Å². The minimum Gasteiger partial charge on any atom is -0.293 e. The van der Waals surface area contributed by atoms with Crippen LogP contribution in [0, 0.1) is 0 Å². The molecule has 0 aliphatic heterocycles. The largest absolute Gasteiger partial charge is 0.293 e. The van der Waals surface area contributed by atoms with Gasteiger partial charge in [0.1, 0.15) is 0 Å². The van der Waals surface area contributed by atoms with Gasteiger partial charge in [0.2, 0.25) is 0 Å². The van der Waals surface area contributed by atoms with Crippen molar-refractivity contribution in [1.29, 1.82) is 0 Å². The van der Waals surface area contributed by atoms with Crippen LogP contribution in [0.5, 0.6) is 0 Å². The van der Waals surface area contributed by atoms with Gasteiger partial charge in [-0.15, -0.1) is 0 Å². The number of hydrogen-bond acceptors (Lipinski definition) is 1. The zero-order valence-electron chi connectivity index (χ0n) is 2.38. The predicted molar refractivity (Wildman–Crippen MR) is 31.4 cm³/mol. The normalized spacial score (nSPS) is 10.5. The smallest absolute Gasteiger partial charge is 0.0131 e. The number of halogens is 1. The predicted octanol–water partition coefficient (Wildman–Crippen LogP) is 1.15. The van der Waals surface area contributed by atoms with Crippen molar-refractivity contribution in [3.8, 4) is 0 Å². The van der Waals surface area contributed by atoms with Crippen molar-refractivity contribution < 1.29 is 0 Å². The van der Waals surface area contributed by atoms with Gasteiger partial charge >= 0.3 is 0 Å². The lowest BCUT2D eigenvalue weighted by molar-refractivity contribution is 1.30. The molecule has 0 rings (SSSR count). The van der Waals surface area contributed by atoms with Crippen molar-refractivity contribution >= 4 is 28.4 Å². The van der Waals surface area contributed by atoms with E-state index in [1.165, 1.54) is 0 Å². The Morgan fingerprint density at radius 3 is 2.25 bits per heavy atom. The molecule has 0 aliphatic rings. The molecule has 0 aromatic rings. The second-order valence-corrected chi connectivity index (χ2v) is 2.65. The lowest BCUT2D eigenvalue weighted by Gasteiger charge is -1.74. The molecule has 0 spiro atoms. The first-order valence-electron chi connectivity index (χ1n) is 0.939. The zero-order chi connectivity index (χ0) is 3.41. The van der Waals surface area contributed by atoms with Gasteiger partial charge in [0.25, 0.3) is 0 Å². The third-order valence-corrected chi connectivity index (χ3v) is 1.90. The maximum atomic E-state index is 2.94. The summed E-state index contributed by atoms with van der Waals surface area (Å²) in [4.78, 5) is 0. The summed E-state index contributed by atoms with van der Waals surface area (Å²) in [6.07, 6.45) is 0.860. The Hall–Kier alpha value is 1.12. The number of rotatable bonds is 1. The molecule has 26 valence electrons. The van der Waals surface area contributed by atoms with Gasteiger partial charge in [-0.25, -0.2) is 0 Å². The summed E-state index contributed by atoms with van der Waals surface area (Å²) >= 11 is 2.27. The lowest BCUT2D eigenvalue weighted by Crippen LogP contribution is -1.78. The molecule has 0 bridgehead atoms. The highest BCUT2D eigenvalue weighted by atomic mass is 127. The van der Waals surface area contributed by atoms with E-state index in [2.05, 4.69) is 27.1 Å². The Labute approximate surface area is 40.9 Å². The third-order valence-electron chi connectivity index (χ3n) is 0.0945. The highest BCUT2D eigenvalue weighted by Gasteiger charge is 1.52. The fourth-order valence-corrected chi connectivity index (χ4v) is 0. The van der Waals surface area contributed by atoms with E-state index in [4.69, 9.17) is 0 Å². The number of hydrogen-bond donors (Lipinski definition) is 1. The molecule has 0 aromatic carbocycles. The maximum Gasteiger partial charge on any atom is 0.0131 e. The van der Waals surface area contributed by atoms with Gasteiger partial charge in [0.15, 0.2) is 0 Å². The van der Waals surface area contributed by atoms with Gasteiger partial charge in [-0.1, -0.05) is 0 Å². The second-order valence-electron chi connectivity index (χ2n) is 0.344. The molecule has 1 nitrogen and oxygen atoms in total. The van der Waals surface area contributed by atoms with Crippen molar-refractivity contribution in [3.05, 3.63) is 0 Å². The SMILES string of the molecule is CNPI. The summed E-state index contributed by atoms with van der Waals surface area (Å²) in [5.74, 6) is 0. The molecule has 0 saturated carbocycles. The monoisotopic (exact) mass is 189 g/mol. The summed E-state index contributed by atoms with van der Waals surface area (Å²) < 4.78 is 0. The van der Waals surface area contributed by atoms with Gasteiger partial charge in [-0.05, 0) is 29.1 Å². The summed E-state index contributed by atoms with van der Waals surface area (Å²) in [5, 5.41) is 2.94. The number of nitrogens with one attached hydrogen (secondary N) is 1. The van der Waals surface area contributed by atoms with Gasteiger partial charge in [-0.3, -0.25) is 5.09 Å². The highest BCUT2D eigenvalue weighted by Crippen LogP contribution is 2.10. The van der Waals surface area contributed by atoms with Gasteiger partial charge in [0.05, 0.1) is 0 Å². The average molecular weight is 189 g/mol. The summed E-state index contributed by atoms with van der Waals surface area (Å²) in [7, 11) is 1.94. The second kappa shape index (κ2) is 4.12. The standard InChI is InChI=1S/CH5INP/c1-3-4-2/h3-4H,1H3. The first-order valence-corrected chi connectivity index (χ1v) is 5.05. The van der Waals surface area contributed by atoms with Crippen LogP contribution in [-0.2, 0) is 0 Å². The molecule has 0 amide bonds. The molecule has 0 fully saturated rings. The highest BCUT2D eigenvalue weighted by molar-refractivity contribution is 14.2. The van der Waals surface area contributed by atoms with Crippen LogP contribution in [-0.4, -0.2) is 7.05 Å². The van der Waals surface area contributed by atoms with Crippen LogP contribution < -0.4 is 5.09 Å². The molecule has 4 heavy (non-hydrogen) atoms. The zero-order valence-corrected chi connectivity index (χ0v) is 5.54. The van der Waals surface area contributed by atoms with E-state index in [0.717, 1.165) is 6.37 Å². The van der Waals surface area contributed by atoms with Crippen molar-refractivity contribution in [2.24, 2.45) is 0 Å². The van der Waals surface area contributed by atoms with E-state index in [0.29, 0.717) is 0 Å². The first kappa shape index (κ1) is 5.12. The van der Waals surface area contributed by atoms with Crippen LogP contribution in [0.25, 0.3) is 0 Å². The van der Waals surface area contributed by atoms with Gasteiger partial charge < -0.3 is 0 Å². The van der Waals surface area contributed by atoms with Crippen molar-refractivity contribution in [2.45, 2.75) is 0 Å². The first-order chi connectivity index (χ1) is 1.91. The van der Waals surface area contributed by atoms with Crippen LogP contribution in [0.15, 0.2) is 0 Å². The molecule has 0 heterocycles. The fourth-order valence-electron chi connectivity index (χ4n) is 0. The van der Waals surface area contributed by atoms with E-state index in [-0.39, 0.29) is 0 Å². The Balaban J connectivity index is 1.97. The van der Waals surface area contributed by atoms with E-state index < -0.39 is 0 Å². The molecule has 0 saturated heterocycles. The molecule has 0 aromatic heterocycles. The molecule has 3 heteroatoms. The Morgan fingerprint density at radius 1 is 2.00 bits per heavy atom. The molecular weight excluding hydrogens is 184 g/mol. The summed E-state index contributed by atoms with van der Waals surface area (Å²) in [6, 6.07) is 0. The fraction of sp³-hybridized carbons (Fsp3) is 1.00. The van der Waals surface area contributed by atoms with Crippen molar-refractivity contribution in [2.75, 3.05) is 7.05 Å². The van der Waals surface area contributed by atoms with E-state index >= 15 is 0 Å². The summed E-state index contributed by atoms with van der Waals surface area (Å²) in [5.41, 5.74) is 0. The molecule has 0 aliphatic carbocycles. The molecular formula is CH5INP. The Kier molecular flexibility index (Phi) is 5.27. The van der Waals surface area contributed by atoms with Crippen LogP contribution >= 0.6 is 28.4 Å². The quantitative estimate of drug-likeness (QED) is 0.481. The Morgan fingerprint density at radius 2 is 2.25 bits per heavy atom. The van der Waals surface area contributed by atoms with Crippen LogP contribution in [0.3, 0.4) is 0 Å².